The van der Waals surface area contributed by atoms with E-state index in [0.717, 1.165) is 38.2 Å². The van der Waals surface area contributed by atoms with Gasteiger partial charge in [-0.15, -0.1) is 0 Å². The second-order valence-corrected chi connectivity index (χ2v) is 6.58. The predicted octanol–water partition coefficient (Wildman–Crippen LogP) is 3.82. The zero-order valence-electron chi connectivity index (χ0n) is 13.0. The molecule has 2 unspecified atom stereocenters. The number of benzene rings is 1. The van der Waals surface area contributed by atoms with Crippen molar-refractivity contribution in [3.05, 3.63) is 29.8 Å². The highest BCUT2D eigenvalue weighted by molar-refractivity contribution is 5.31. The first-order valence-corrected chi connectivity index (χ1v) is 8.35. The zero-order valence-corrected chi connectivity index (χ0v) is 13.0. The molecule has 1 aliphatic carbocycles. The van der Waals surface area contributed by atoms with E-state index in [1.54, 1.807) is 0 Å². The third-order valence-electron chi connectivity index (χ3n) is 5.02. The minimum atomic E-state index is 0.0940. The van der Waals surface area contributed by atoms with Gasteiger partial charge in [0.1, 0.15) is 5.75 Å². The Kier molecular flexibility index (Phi) is 4.51. The average Bonchev–Trinajstić information content (AvgIpc) is 2.51. The van der Waals surface area contributed by atoms with E-state index in [0.29, 0.717) is 5.92 Å². The maximum absolute atomic E-state index is 6.56. The molecule has 1 aliphatic heterocycles. The van der Waals surface area contributed by atoms with Crippen molar-refractivity contribution >= 4 is 0 Å². The van der Waals surface area contributed by atoms with Crippen LogP contribution in [0.4, 0.5) is 0 Å². The topological polar surface area (TPSA) is 44.5 Å². The number of hydrogen-bond acceptors (Lipinski definition) is 3. The number of rotatable bonds is 5. The van der Waals surface area contributed by atoms with Gasteiger partial charge in [0.25, 0.3) is 0 Å². The molecule has 3 heteroatoms. The molecule has 2 fully saturated rings. The second kappa shape index (κ2) is 6.37. The predicted molar refractivity (Wildman–Crippen MR) is 84.4 cm³/mol. The molecule has 2 atom stereocenters. The summed E-state index contributed by atoms with van der Waals surface area (Å²) >= 11 is 0. The average molecular weight is 289 g/mol. The van der Waals surface area contributed by atoms with E-state index < -0.39 is 0 Å². The Labute approximate surface area is 127 Å². The lowest BCUT2D eigenvalue weighted by Gasteiger charge is -2.48. The summed E-state index contributed by atoms with van der Waals surface area (Å²) in [5.41, 5.74) is 7.92. The first-order valence-electron chi connectivity index (χ1n) is 8.35. The Hall–Kier alpha value is -1.06. The SMILES string of the molecule is CCCOc1cccc(C(N)C2CCOC3(CCC3)C2)c1. The molecule has 1 spiro atoms. The Morgan fingerprint density at radius 3 is 3.00 bits per heavy atom. The monoisotopic (exact) mass is 289 g/mol. The zero-order chi connectivity index (χ0) is 14.7. The highest BCUT2D eigenvalue weighted by atomic mass is 16.5. The van der Waals surface area contributed by atoms with E-state index in [1.165, 1.54) is 24.8 Å². The van der Waals surface area contributed by atoms with Crippen molar-refractivity contribution in [3.63, 3.8) is 0 Å². The summed E-state index contributed by atoms with van der Waals surface area (Å²) in [5, 5.41) is 0. The van der Waals surface area contributed by atoms with Gasteiger partial charge in [-0.05, 0) is 62.1 Å². The Morgan fingerprint density at radius 2 is 2.29 bits per heavy atom. The van der Waals surface area contributed by atoms with Crippen molar-refractivity contribution in [1.29, 1.82) is 0 Å². The van der Waals surface area contributed by atoms with Crippen LogP contribution in [0.5, 0.6) is 5.75 Å². The van der Waals surface area contributed by atoms with E-state index in [9.17, 15) is 0 Å². The highest BCUT2D eigenvalue weighted by Gasteiger charge is 2.43. The molecule has 1 saturated carbocycles. The molecule has 2 N–H and O–H groups in total. The van der Waals surface area contributed by atoms with Gasteiger partial charge in [-0.25, -0.2) is 0 Å². The van der Waals surface area contributed by atoms with Crippen LogP contribution in [0.1, 0.15) is 57.1 Å². The fraction of sp³-hybridized carbons (Fsp3) is 0.667. The minimum Gasteiger partial charge on any atom is -0.494 e. The van der Waals surface area contributed by atoms with E-state index in [2.05, 4.69) is 25.1 Å². The van der Waals surface area contributed by atoms with Crippen LogP contribution in [0.15, 0.2) is 24.3 Å². The standard InChI is InChI=1S/C18H27NO2/c1-2-10-20-16-6-3-5-14(12-16)17(19)15-7-11-21-18(13-15)8-4-9-18/h3,5-6,12,15,17H,2,4,7-11,13,19H2,1H3. The van der Waals surface area contributed by atoms with Crippen molar-refractivity contribution in [3.8, 4) is 5.75 Å². The van der Waals surface area contributed by atoms with E-state index >= 15 is 0 Å². The third-order valence-corrected chi connectivity index (χ3v) is 5.02. The van der Waals surface area contributed by atoms with Gasteiger partial charge in [-0.3, -0.25) is 0 Å². The molecule has 2 aliphatic rings. The van der Waals surface area contributed by atoms with Crippen molar-refractivity contribution < 1.29 is 9.47 Å². The van der Waals surface area contributed by atoms with Gasteiger partial charge in [0.15, 0.2) is 0 Å². The molecule has 1 heterocycles. The summed E-state index contributed by atoms with van der Waals surface area (Å²) in [6.07, 6.45) is 6.96. The molecule has 1 aromatic rings. The molecule has 0 amide bonds. The summed E-state index contributed by atoms with van der Waals surface area (Å²) in [6.45, 7) is 3.75. The minimum absolute atomic E-state index is 0.0940. The van der Waals surface area contributed by atoms with Gasteiger partial charge in [0.05, 0.1) is 12.2 Å². The molecule has 3 rings (SSSR count). The maximum Gasteiger partial charge on any atom is 0.119 e. The van der Waals surface area contributed by atoms with Crippen molar-refractivity contribution in [2.24, 2.45) is 11.7 Å². The summed E-state index contributed by atoms with van der Waals surface area (Å²) in [7, 11) is 0. The fourth-order valence-corrected chi connectivity index (χ4v) is 3.60. The first kappa shape index (κ1) is 14.9. The highest BCUT2D eigenvalue weighted by Crippen LogP contribution is 2.46. The molecule has 0 bridgehead atoms. The van der Waals surface area contributed by atoms with E-state index in [4.69, 9.17) is 15.2 Å². The Bertz CT molecular complexity index is 470. The summed E-state index contributed by atoms with van der Waals surface area (Å²) in [6, 6.07) is 8.41. The first-order chi connectivity index (χ1) is 10.2. The quantitative estimate of drug-likeness (QED) is 0.896. The van der Waals surface area contributed by atoms with E-state index in [-0.39, 0.29) is 11.6 Å². The lowest BCUT2D eigenvalue weighted by molar-refractivity contribution is -0.146. The Morgan fingerprint density at radius 1 is 1.43 bits per heavy atom. The normalized spacial score (nSPS) is 25.3. The van der Waals surface area contributed by atoms with Crippen LogP contribution < -0.4 is 10.5 Å². The van der Waals surface area contributed by atoms with Crippen LogP contribution >= 0.6 is 0 Å². The van der Waals surface area contributed by atoms with Crippen molar-refractivity contribution in [2.45, 2.75) is 57.1 Å². The van der Waals surface area contributed by atoms with Crippen LogP contribution in [0.25, 0.3) is 0 Å². The molecule has 0 radical (unpaired) electrons. The number of nitrogens with two attached hydrogens (primary N) is 1. The molecule has 21 heavy (non-hydrogen) atoms. The lowest BCUT2D eigenvalue weighted by Crippen LogP contribution is -2.47. The van der Waals surface area contributed by atoms with Gasteiger partial charge >= 0.3 is 0 Å². The van der Waals surface area contributed by atoms with Crippen LogP contribution in [-0.2, 0) is 4.74 Å². The second-order valence-electron chi connectivity index (χ2n) is 6.58. The summed E-state index contributed by atoms with van der Waals surface area (Å²) in [5.74, 6) is 1.47. The van der Waals surface area contributed by atoms with Crippen molar-refractivity contribution in [1.82, 2.24) is 0 Å². The number of hydrogen-bond donors (Lipinski definition) is 1. The maximum atomic E-state index is 6.56. The van der Waals surface area contributed by atoms with Gasteiger partial charge in [0, 0.05) is 12.6 Å². The van der Waals surface area contributed by atoms with Gasteiger partial charge in [0.2, 0.25) is 0 Å². The summed E-state index contributed by atoms with van der Waals surface area (Å²) < 4.78 is 11.7. The molecule has 116 valence electrons. The van der Waals surface area contributed by atoms with Gasteiger partial charge in [-0.1, -0.05) is 19.1 Å². The van der Waals surface area contributed by atoms with Crippen LogP contribution in [0.2, 0.25) is 0 Å². The van der Waals surface area contributed by atoms with Gasteiger partial charge in [-0.2, -0.15) is 0 Å². The lowest BCUT2D eigenvalue weighted by atomic mass is 9.70. The molecule has 1 aromatic carbocycles. The smallest absolute Gasteiger partial charge is 0.119 e. The summed E-state index contributed by atoms with van der Waals surface area (Å²) in [4.78, 5) is 0. The molecule has 1 saturated heterocycles. The van der Waals surface area contributed by atoms with Gasteiger partial charge < -0.3 is 15.2 Å². The van der Waals surface area contributed by atoms with Crippen LogP contribution in [0, 0.1) is 5.92 Å². The third kappa shape index (κ3) is 3.24. The molecule has 3 nitrogen and oxygen atoms in total. The fourth-order valence-electron chi connectivity index (χ4n) is 3.60. The van der Waals surface area contributed by atoms with Crippen molar-refractivity contribution in [2.75, 3.05) is 13.2 Å². The molecular weight excluding hydrogens is 262 g/mol. The largest absolute Gasteiger partial charge is 0.494 e. The van der Waals surface area contributed by atoms with E-state index in [1.807, 2.05) is 6.07 Å². The molecular formula is C18H27NO2. The molecule has 0 aromatic heterocycles. The van der Waals surface area contributed by atoms with Crippen LogP contribution in [0.3, 0.4) is 0 Å². The Balaban J connectivity index is 1.67. The number of ether oxygens (including phenoxy) is 2. The van der Waals surface area contributed by atoms with Crippen LogP contribution in [-0.4, -0.2) is 18.8 Å².